The molecule has 0 unspecified atom stereocenters. The fraction of sp³-hybridized carbons (Fsp3) is 0.240. The number of fused-ring (bicyclic) bond motifs is 1. The van der Waals surface area contributed by atoms with Gasteiger partial charge in [0, 0.05) is 23.8 Å². The van der Waals surface area contributed by atoms with Crippen LogP contribution in [0, 0.1) is 6.92 Å². The van der Waals surface area contributed by atoms with E-state index in [4.69, 9.17) is 16.6 Å². The summed E-state index contributed by atoms with van der Waals surface area (Å²) in [7, 11) is 0. The number of rotatable bonds is 5. The number of hydrogen-bond donors (Lipinski definition) is 2. The largest absolute Gasteiger partial charge is 0.324 e. The molecule has 2 aromatic carbocycles. The molecule has 1 aliphatic carbocycles. The average Bonchev–Trinajstić information content (AvgIpc) is 3.61. The highest BCUT2D eigenvalue weighted by molar-refractivity contribution is 6.32. The Hall–Kier alpha value is -3.02. The molecule has 5 nitrogen and oxygen atoms in total. The zero-order chi connectivity index (χ0) is 21.4. The van der Waals surface area contributed by atoms with Crippen molar-refractivity contribution in [2.45, 2.75) is 38.8 Å². The van der Waals surface area contributed by atoms with Gasteiger partial charge in [0.05, 0.1) is 29.2 Å². The second-order valence-electron chi connectivity index (χ2n) is 8.17. The van der Waals surface area contributed by atoms with Crippen LogP contribution in [0.5, 0.6) is 0 Å². The van der Waals surface area contributed by atoms with Crippen molar-refractivity contribution < 1.29 is 4.79 Å². The Morgan fingerprint density at radius 1 is 1.10 bits per heavy atom. The van der Waals surface area contributed by atoms with Gasteiger partial charge >= 0.3 is 0 Å². The third-order valence-corrected chi connectivity index (χ3v) is 6.04. The number of aryl methyl sites for hydroxylation is 1. The number of anilines is 1. The quantitative estimate of drug-likeness (QED) is 0.567. The van der Waals surface area contributed by atoms with E-state index in [2.05, 4.69) is 33.8 Å². The predicted molar refractivity (Wildman–Crippen MR) is 125 cm³/mol. The van der Waals surface area contributed by atoms with E-state index in [0.29, 0.717) is 16.8 Å². The molecule has 2 N–H and O–H groups in total. The van der Waals surface area contributed by atoms with Gasteiger partial charge in [-0.15, -0.1) is 0 Å². The summed E-state index contributed by atoms with van der Waals surface area (Å²) in [6.45, 7) is 2.72. The molecule has 1 fully saturated rings. The van der Waals surface area contributed by atoms with Gasteiger partial charge in [-0.2, -0.15) is 0 Å². The van der Waals surface area contributed by atoms with Gasteiger partial charge in [-0.05, 0) is 72.4 Å². The van der Waals surface area contributed by atoms with E-state index in [1.165, 1.54) is 12.8 Å². The standard InChI is InChI=1S/C25H23ClN4O/c1-15-9-23-24(12-21(15)26)30-25(31)13-22(29-23)18-4-2-3-16(10-18)17-7-8-27-20(11-17)14-28-19-5-6-19/h2-4,7-12,19,28H,5-6,13-14H2,1H3,(H,30,31). The number of carbonyl (C=O) groups is 1. The summed E-state index contributed by atoms with van der Waals surface area (Å²) < 4.78 is 0. The molecule has 0 spiro atoms. The third kappa shape index (κ3) is 4.53. The second kappa shape index (κ2) is 8.25. The van der Waals surface area contributed by atoms with E-state index < -0.39 is 0 Å². The van der Waals surface area contributed by atoms with Crippen LogP contribution in [-0.2, 0) is 11.3 Å². The first kappa shape index (κ1) is 19.9. The summed E-state index contributed by atoms with van der Waals surface area (Å²) in [4.78, 5) is 21.8. The van der Waals surface area contributed by atoms with Crippen LogP contribution in [0.4, 0.5) is 11.4 Å². The Balaban J connectivity index is 1.48. The molecule has 2 heterocycles. The lowest BCUT2D eigenvalue weighted by atomic mass is 9.99. The summed E-state index contributed by atoms with van der Waals surface area (Å²) in [6, 6.07) is 16.6. The summed E-state index contributed by atoms with van der Waals surface area (Å²) in [5.41, 5.74) is 7.18. The summed E-state index contributed by atoms with van der Waals surface area (Å²) in [5, 5.41) is 7.04. The van der Waals surface area contributed by atoms with Crippen molar-refractivity contribution in [3.05, 3.63) is 76.6 Å². The first-order chi connectivity index (χ1) is 15.0. The van der Waals surface area contributed by atoms with Crippen molar-refractivity contribution in [2.24, 2.45) is 4.99 Å². The van der Waals surface area contributed by atoms with Gasteiger partial charge in [0.2, 0.25) is 5.91 Å². The first-order valence-corrected chi connectivity index (χ1v) is 10.9. The van der Waals surface area contributed by atoms with Crippen LogP contribution in [-0.4, -0.2) is 22.6 Å². The Morgan fingerprint density at radius 2 is 1.90 bits per heavy atom. The molecular weight excluding hydrogens is 408 g/mol. The van der Waals surface area contributed by atoms with E-state index in [0.717, 1.165) is 45.9 Å². The number of amides is 1. The molecule has 5 rings (SSSR count). The highest BCUT2D eigenvalue weighted by Crippen LogP contribution is 2.34. The predicted octanol–water partition coefficient (Wildman–Crippen LogP) is 5.43. The third-order valence-electron chi connectivity index (χ3n) is 5.63. The van der Waals surface area contributed by atoms with Crippen molar-refractivity contribution in [1.82, 2.24) is 10.3 Å². The molecule has 1 amide bonds. The van der Waals surface area contributed by atoms with E-state index in [1.54, 1.807) is 6.07 Å². The van der Waals surface area contributed by atoms with Crippen molar-refractivity contribution in [1.29, 1.82) is 0 Å². The monoisotopic (exact) mass is 430 g/mol. The summed E-state index contributed by atoms with van der Waals surface area (Å²) in [5.74, 6) is -0.0971. The van der Waals surface area contributed by atoms with Crippen LogP contribution in [0.15, 0.2) is 59.7 Å². The molecule has 31 heavy (non-hydrogen) atoms. The molecule has 2 aliphatic rings. The van der Waals surface area contributed by atoms with Gasteiger partial charge in [-0.3, -0.25) is 14.8 Å². The molecule has 6 heteroatoms. The molecule has 156 valence electrons. The van der Waals surface area contributed by atoms with Crippen LogP contribution < -0.4 is 10.6 Å². The molecule has 1 aromatic heterocycles. The lowest BCUT2D eigenvalue weighted by Gasteiger charge is -2.09. The minimum Gasteiger partial charge on any atom is -0.324 e. The SMILES string of the molecule is Cc1cc2c(cc1Cl)NC(=O)CC(c1cccc(-c3ccnc(CNC4CC4)c3)c1)=N2. The maximum atomic E-state index is 12.5. The molecule has 3 aromatic rings. The molecule has 1 saturated carbocycles. The van der Waals surface area contributed by atoms with Gasteiger partial charge in [-0.25, -0.2) is 0 Å². The highest BCUT2D eigenvalue weighted by Gasteiger charge is 2.21. The number of aliphatic imine (C=N–C) groups is 1. The lowest BCUT2D eigenvalue weighted by molar-refractivity contribution is -0.115. The van der Waals surface area contributed by atoms with E-state index in [-0.39, 0.29) is 12.3 Å². The average molecular weight is 431 g/mol. The Morgan fingerprint density at radius 3 is 2.74 bits per heavy atom. The fourth-order valence-electron chi connectivity index (χ4n) is 3.73. The molecule has 0 bridgehead atoms. The van der Waals surface area contributed by atoms with Crippen LogP contribution in [0.25, 0.3) is 11.1 Å². The van der Waals surface area contributed by atoms with Crippen LogP contribution >= 0.6 is 11.6 Å². The number of pyridine rings is 1. The zero-order valence-electron chi connectivity index (χ0n) is 17.3. The number of halogens is 1. The van der Waals surface area contributed by atoms with Crippen molar-refractivity contribution in [2.75, 3.05) is 5.32 Å². The van der Waals surface area contributed by atoms with E-state index >= 15 is 0 Å². The number of aromatic nitrogens is 1. The summed E-state index contributed by atoms with van der Waals surface area (Å²) in [6.07, 6.45) is 4.57. The molecule has 1 aliphatic heterocycles. The van der Waals surface area contributed by atoms with Gasteiger partial charge in [-0.1, -0.05) is 29.8 Å². The number of nitrogens with zero attached hydrogens (tertiary/aromatic N) is 2. The normalized spacial score (nSPS) is 15.7. The Bertz CT molecular complexity index is 1200. The Labute approximate surface area is 186 Å². The van der Waals surface area contributed by atoms with Gasteiger partial charge < -0.3 is 10.6 Å². The first-order valence-electron chi connectivity index (χ1n) is 10.5. The van der Waals surface area contributed by atoms with Crippen molar-refractivity contribution in [3.8, 4) is 11.1 Å². The smallest absolute Gasteiger partial charge is 0.230 e. The fourth-order valence-corrected chi connectivity index (χ4v) is 3.89. The number of benzene rings is 2. The van der Waals surface area contributed by atoms with Crippen LogP contribution in [0.2, 0.25) is 5.02 Å². The van der Waals surface area contributed by atoms with Gasteiger partial charge in [0.25, 0.3) is 0 Å². The zero-order valence-corrected chi connectivity index (χ0v) is 18.0. The topological polar surface area (TPSA) is 66.4 Å². The minimum atomic E-state index is -0.0971. The maximum Gasteiger partial charge on any atom is 0.230 e. The molecule has 0 atom stereocenters. The summed E-state index contributed by atoms with van der Waals surface area (Å²) >= 11 is 6.24. The van der Waals surface area contributed by atoms with Gasteiger partial charge in [0.15, 0.2) is 0 Å². The maximum absolute atomic E-state index is 12.5. The minimum absolute atomic E-state index is 0.0971. The molecule has 0 saturated heterocycles. The second-order valence-corrected chi connectivity index (χ2v) is 8.58. The number of nitrogens with one attached hydrogen (secondary N) is 2. The van der Waals surface area contributed by atoms with Gasteiger partial charge in [0.1, 0.15) is 0 Å². The van der Waals surface area contributed by atoms with E-state index in [9.17, 15) is 4.79 Å². The lowest BCUT2D eigenvalue weighted by Crippen LogP contribution is -2.16. The van der Waals surface area contributed by atoms with Crippen molar-refractivity contribution in [3.63, 3.8) is 0 Å². The van der Waals surface area contributed by atoms with Crippen LogP contribution in [0.1, 0.15) is 36.1 Å². The van der Waals surface area contributed by atoms with Crippen LogP contribution in [0.3, 0.4) is 0 Å². The number of hydrogen-bond acceptors (Lipinski definition) is 4. The molecular formula is C25H23ClN4O. The highest BCUT2D eigenvalue weighted by atomic mass is 35.5. The van der Waals surface area contributed by atoms with E-state index in [1.807, 2.05) is 37.4 Å². The number of carbonyl (C=O) groups excluding carboxylic acids is 1. The molecule has 0 radical (unpaired) electrons. The van der Waals surface area contributed by atoms with Crippen molar-refractivity contribution >= 4 is 34.6 Å². The Kier molecular flexibility index (Phi) is 5.30.